The van der Waals surface area contributed by atoms with Crippen molar-refractivity contribution >= 4 is 0 Å². The van der Waals surface area contributed by atoms with Gasteiger partial charge in [-0.3, -0.25) is 0 Å². The van der Waals surface area contributed by atoms with Crippen LogP contribution in [0.4, 0.5) is 0 Å². The highest BCUT2D eigenvalue weighted by Crippen LogP contribution is 2.37. The smallest absolute Gasteiger partial charge is 0.161 e. The van der Waals surface area contributed by atoms with Gasteiger partial charge in [-0.1, -0.05) is 6.07 Å². The second-order valence-corrected chi connectivity index (χ2v) is 4.69. The number of benzene rings is 1. The van der Waals surface area contributed by atoms with Gasteiger partial charge < -0.3 is 19.9 Å². The van der Waals surface area contributed by atoms with E-state index in [-0.39, 0.29) is 5.41 Å². The lowest BCUT2D eigenvalue weighted by atomic mass is 9.78. The van der Waals surface area contributed by atoms with Crippen molar-refractivity contribution in [3.63, 3.8) is 0 Å². The first-order valence-corrected chi connectivity index (χ1v) is 6.02. The topological polar surface area (TPSA) is 53.7 Å². The number of hydrogen-bond acceptors (Lipinski definition) is 4. The molecule has 1 saturated heterocycles. The zero-order valence-corrected chi connectivity index (χ0v) is 9.78. The lowest BCUT2D eigenvalue weighted by Crippen LogP contribution is -2.52. The van der Waals surface area contributed by atoms with Crippen LogP contribution in [0.25, 0.3) is 0 Å². The molecule has 0 aliphatic carbocycles. The average molecular weight is 235 g/mol. The summed E-state index contributed by atoms with van der Waals surface area (Å²) in [4.78, 5) is 0. The molecule has 1 aromatic rings. The maximum absolute atomic E-state index is 5.86. The van der Waals surface area contributed by atoms with Gasteiger partial charge in [0.25, 0.3) is 0 Å². The third-order valence-electron chi connectivity index (χ3n) is 3.51. The molecule has 0 unspecified atom stereocenters. The van der Waals surface area contributed by atoms with Gasteiger partial charge in [-0.2, -0.15) is 0 Å². The summed E-state index contributed by atoms with van der Waals surface area (Å²) >= 11 is 0. The zero-order chi connectivity index (χ0) is 11.7. The van der Waals surface area contributed by atoms with Crippen molar-refractivity contribution in [3.8, 4) is 11.5 Å². The minimum atomic E-state index is -0.0231. The zero-order valence-electron chi connectivity index (χ0n) is 9.78. The standard InChI is InChI=1S/C13H17NO3/c14-7-13(8-15-9-13)10-2-3-11-12(6-10)17-5-1-4-16-11/h2-3,6H,1,4-5,7-9,14H2. The Bertz CT molecular complexity index is 410. The van der Waals surface area contributed by atoms with E-state index in [0.29, 0.717) is 26.4 Å². The molecule has 2 heterocycles. The number of nitrogens with two attached hydrogens (primary N) is 1. The molecule has 2 aliphatic heterocycles. The predicted octanol–water partition coefficient (Wildman–Crippen LogP) is 1.07. The maximum atomic E-state index is 5.86. The minimum Gasteiger partial charge on any atom is -0.490 e. The minimum absolute atomic E-state index is 0.0231. The van der Waals surface area contributed by atoms with Crippen LogP contribution in [-0.2, 0) is 10.2 Å². The average Bonchev–Trinajstić information content (AvgIpc) is 2.53. The molecule has 4 nitrogen and oxygen atoms in total. The van der Waals surface area contributed by atoms with Gasteiger partial charge in [-0.15, -0.1) is 0 Å². The fourth-order valence-corrected chi connectivity index (χ4v) is 2.24. The maximum Gasteiger partial charge on any atom is 0.161 e. The molecular formula is C13H17NO3. The van der Waals surface area contributed by atoms with Gasteiger partial charge in [0.05, 0.1) is 31.8 Å². The van der Waals surface area contributed by atoms with Gasteiger partial charge in [-0.05, 0) is 17.7 Å². The lowest BCUT2D eigenvalue weighted by molar-refractivity contribution is -0.0551. The van der Waals surface area contributed by atoms with Crippen molar-refractivity contribution in [2.75, 3.05) is 33.0 Å². The largest absolute Gasteiger partial charge is 0.490 e. The number of fused-ring (bicyclic) bond motifs is 1. The van der Waals surface area contributed by atoms with Crippen molar-refractivity contribution in [2.45, 2.75) is 11.8 Å². The molecule has 4 heteroatoms. The molecule has 0 radical (unpaired) electrons. The molecule has 2 N–H and O–H groups in total. The Hall–Kier alpha value is -1.26. The predicted molar refractivity (Wildman–Crippen MR) is 63.6 cm³/mol. The molecule has 0 aromatic heterocycles. The van der Waals surface area contributed by atoms with E-state index in [1.807, 2.05) is 6.07 Å². The van der Waals surface area contributed by atoms with E-state index >= 15 is 0 Å². The first-order valence-electron chi connectivity index (χ1n) is 6.02. The summed E-state index contributed by atoms with van der Waals surface area (Å²) in [5.74, 6) is 1.67. The molecule has 0 spiro atoms. The summed E-state index contributed by atoms with van der Waals surface area (Å²) in [6.45, 7) is 3.43. The Morgan fingerprint density at radius 3 is 2.53 bits per heavy atom. The normalized spacial score (nSPS) is 21.5. The van der Waals surface area contributed by atoms with Crippen molar-refractivity contribution < 1.29 is 14.2 Å². The van der Waals surface area contributed by atoms with Crippen LogP contribution in [0.2, 0.25) is 0 Å². The molecule has 0 amide bonds. The fraction of sp³-hybridized carbons (Fsp3) is 0.538. The van der Waals surface area contributed by atoms with E-state index in [4.69, 9.17) is 19.9 Å². The Labute approximate surface area is 101 Å². The van der Waals surface area contributed by atoms with E-state index in [2.05, 4.69) is 12.1 Å². The lowest BCUT2D eigenvalue weighted by Gasteiger charge is -2.41. The third-order valence-corrected chi connectivity index (χ3v) is 3.51. The highest BCUT2D eigenvalue weighted by atomic mass is 16.5. The van der Waals surface area contributed by atoms with Crippen LogP contribution in [0.15, 0.2) is 18.2 Å². The Morgan fingerprint density at radius 1 is 1.12 bits per heavy atom. The molecule has 0 saturated carbocycles. The molecule has 1 aromatic carbocycles. The summed E-state index contributed by atoms with van der Waals surface area (Å²) in [6, 6.07) is 6.10. The monoisotopic (exact) mass is 235 g/mol. The molecule has 1 fully saturated rings. The Morgan fingerprint density at radius 2 is 1.88 bits per heavy atom. The van der Waals surface area contributed by atoms with E-state index in [9.17, 15) is 0 Å². The summed E-state index contributed by atoms with van der Waals surface area (Å²) in [7, 11) is 0. The van der Waals surface area contributed by atoms with Gasteiger partial charge in [0.1, 0.15) is 0 Å². The van der Waals surface area contributed by atoms with Gasteiger partial charge in [-0.25, -0.2) is 0 Å². The van der Waals surface area contributed by atoms with Crippen molar-refractivity contribution in [1.29, 1.82) is 0 Å². The van der Waals surface area contributed by atoms with Gasteiger partial charge in [0.15, 0.2) is 11.5 Å². The van der Waals surface area contributed by atoms with E-state index < -0.39 is 0 Å². The first-order chi connectivity index (χ1) is 8.34. The second kappa shape index (κ2) is 4.20. The van der Waals surface area contributed by atoms with Crippen molar-refractivity contribution in [1.82, 2.24) is 0 Å². The van der Waals surface area contributed by atoms with E-state index in [1.165, 1.54) is 5.56 Å². The van der Waals surface area contributed by atoms with Crippen LogP contribution in [0.1, 0.15) is 12.0 Å². The molecule has 2 aliphatic rings. The van der Waals surface area contributed by atoms with E-state index in [0.717, 1.165) is 24.5 Å². The van der Waals surface area contributed by atoms with Gasteiger partial charge in [0.2, 0.25) is 0 Å². The van der Waals surface area contributed by atoms with Crippen molar-refractivity contribution in [2.24, 2.45) is 5.73 Å². The van der Waals surface area contributed by atoms with Crippen LogP contribution in [-0.4, -0.2) is 33.0 Å². The second-order valence-electron chi connectivity index (χ2n) is 4.69. The Balaban J connectivity index is 1.94. The summed E-state index contributed by atoms with van der Waals surface area (Å²) < 4.78 is 16.6. The van der Waals surface area contributed by atoms with Crippen LogP contribution in [0.5, 0.6) is 11.5 Å². The van der Waals surface area contributed by atoms with Gasteiger partial charge in [0, 0.05) is 13.0 Å². The number of ether oxygens (including phenoxy) is 3. The molecule has 92 valence electrons. The number of rotatable bonds is 2. The van der Waals surface area contributed by atoms with Gasteiger partial charge >= 0.3 is 0 Å². The van der Waals surface area contributed by atoms with Crippen LogP contribution in [0, 0.1) is 0 Å². The molecule has 0 bridgehead atoms. The fourth-order valence-electron chi connectivity index (χ4n) is 2.24. The molecular weight excluding hydrogens is 218 g/mol. The third kappa shape index (κ3) is 1.77. The number of hydrogen-bond donors (Lipinski definition) is 1. The van der Waals surface area contributed by atoms with E-state index in [1.54, 1.807) is 0 Å². The molecule has 3 rings (SSSR count). The summed E-state index contributed by atoms with van der Waals surface area (Å²) in [5.41, 5.74) is 7.02. The highest BCUT2D eigenvalue weighted by molar-refractivity contribution is 5.46. The van der Waals surface area contributed by atoms with Crippen LogP contribution < -0.4 is 15.2 Å². The van der Waals surface area contributed by atoms with Crippen LogP contribution in [0.3, 0.4) is 0 Å². The summed E-state index contributed by atoms with van der Waals surface area (Å²) in [5, 5.41) is 0. The first kappa shape index (κ1) is 10.9. The summed E-state index contributed by atoms with van der Waals surface area (Å²) in [6.07, 6.45) is 0.926. The molecule has 0 atom stereocenters. The van der Waals surface area contributed by atoms with Crippen molar-refractivity contribution in [3.05, 3.63) is 23.8 Å². The SMILES string of the molecule is NCC1(c2ccc3c(c2)OCCCO3)COC1. The quantitative estimate of drug-likeness (QED) is 0.833. The highest BCUT2D eigenvalue weighted by Gasteiger charge is 2.39. The van der Waals surface area contributed by atoms with Crippen LogP contribution >= 0.6 is 0 Å². The Kier molecular flexibility index (Phi) is 2.68. The molecule has 17 heavy (non-hydrogen) atoms.